The van der Waals surface area contributed by atoms with Crippen LogP contribution in [0.25, 0.3) is 5.69 Å². The predicted octanol–water partition coefficient (Wildman–Crippen LogP) is 2.91. The van der Waals surface area contributed by atoms with E-state index < -0.39 is 11.6 Å². The van der Waals surface area contributed by atoms with Crippen LogP contribution >= 0.6 is 0 Å². The summed E-state index contributed by atoms with van der Waals surface area (Å²) in [7, 11) is 0. The molecule has 0 bridgehead atoms. The van der Waals surface area contributed by atoms with E-state index in [1.54, 1.807) is 0 Å². The fourth-order valence-corrected chi connectivity index (χ4v) is 2.17. The minimum absolute atomic E-state index is 0.0182. The molecule has 0 fully saturated rings. The van der Waals surface area contributed by atoms with Crippen LogP contribution in [0, 0.1) is 25.5 Å². The molecule has 0 aliphatic heterocycles. The van der Waals surface area contributed by atoms with Crippen molar-refractivity contribution in [3.63, 3.8) is 0 Å². The van der Waals surface area contributed by atoms with Crippen LogP contribution in [0.15, 0.2) is 12.1 Å². The lowest BCUT2D eigenvalue weighted by Gasteiger charge is -2.10. The summed E-state index contributed by atoms with van der Waals surface area (Å²) in [4.78, 5) is 0. The third kappa shape index (κ3) is 1.75. The van der Waals surface area contributed by atoms with Crippen LogP contribution in [-0.2, 0) is 6.42 Å². The van der Waals surface area contributed by atoms with Gasteiger partial charge in [-0.15, -0.1) is 0 Å². The smallest absolute Gasteiger partial charge is 0.186 e. The van der Waals surface area contributed by atoms with Crippen LogP contribution in [0.1, 0.15) is 23.9 Å². The molecule has 2 N–H and O–H groups in total. The van der Waals surface area contributed by atoms with E-state index >= 15 is 0 Å². The van der Waals surface area contributed by atoms with Gasteiger partial charge in [0.15, 0.2) is 11.6 Å². The number of anilines is 1. The van der Waals surface area contributed by atoms with Crippen molar-refractivity contribution in [2.24, 2.45) is 0 Å². The monoisotopic (exact) mass is 251 g/mol. The van der Waals surface area contributed by atoms with Crippen molar-refractivity contribution in [1.82, 2.24) is 9.78 Å². The maximum atomic E-state index is 13.9. The Kier molecular flexibility index (Phi) is 3.07. The van der Waals surface area contributed by atoms with Crippen LogP contribution in [-0.4, -0.2) is 9.78 Å². The highest BCUT2D eigenvalue weighted by Gasteiger charge is 2.19. The van der Waals surface area contributed by atoms with Gasteiger partial charge in [0.1, 0.15) is 5.69 Å². The summed E-state index contributed by atoms with van der Waals surface area (Å²) in [6, 6.07) is 2.36. The van der Waals surface area contributed by atoms with Crippen LogP contribution in [0.2, 0.25) is 0 Å². The molecular formula is C13H15F2N3. The predicted molar refractivity (Wildman–Crippen MR) is 66.7 cm³/mol. The van der Waals surface area contributed by atoms with Crippen molar-refractivity contribution < 1.29 is 8.78 Å². The van der Waals surface area contributed by atoms with Gasteiger partial charge >= 0.3 is 0 Å². The van der Waals surface area contributed by atoms with Crippen molar-refractivity contribution >= 4 is 5.69 Å². The number of nitrogens with zero attached hydrogens (tertiary/aromatic N) is 2. The number of nitrogens with two attached hydrogens (primary N) is 1. The molecule has 0 aliphatic carbocycles. The fourth-order valence-electron chi connectivity index (χ4n) is 2.17. The van der Waals surface area contributed by atoms with Gasteiger partial charge in [0.05, 0.1) is 11.4 Å². The molecule has 0 amide bonds. The molecule has 0 radical (unpaired) electrons. The highest BCUT2D eigenvalue weighted by Crippen LogP contribution is 2.26. The number of halogens is 2. The zero-order chi connectivity index (χ0) is 13.4. The second-order valence-electron chi connectivity index (χ2n) is 4.21. The van der Waals surface area contributed by atoms with Gasteiger partial charge in [-0.25, -0.2) is 13.5 Å². The lowest BCUT2D eigenvalue weighted by atomic mass is 10.1. The van der Waals surface area contributed by atoms with Gasteiger partial charge in [0, 0.05) is 5.69 Å². The van der Waals surface area contributed by atoms with Crippen LogP contribution in [0.4, 0.5) is 14.5 Å². The molecule has 0 unspecified atom stereocenters. The standard InChI is InChI=1S/C13H15F2N3/c1-4-9-7(2)17-18(8(9)3)13-11(16)6-5-10(14)12(13)15/h5-6H,4,16H2,1-3H3. The van der Waals surface area contributed by atoms with E-state index in [0.717, 1.165) is 29.4 Å². The lowest BCUT2D eigenvalue weighted by Crippen LogP contribution is -2.08. The van der Waals surface area contributed by atoms with E-state index in [1.807, 2.05) is 20.8 Å². The molecular weight excluding hydrogens is 236 g/mol. The average Bonchev–Trinajstić information content (AvgIpc) is 2.60. The molecule has 18 heavy (non-hydrogen) atoms. The van der Waals surface area contributed by atoms with E-state index in [-0.39, 0.29) is 11.4 Å². The maximum Gasteiger partial charge on any atom is 0.186 e. The molecule has 0 aliphatic rings. The van der Waals surface area contributed by atoms with Crippen molar-refractivity contribution in [2.75, 3.05) is 5.73 Å². The zero-order valence-electron chi connectivity index (χ0n) is 10.6. The Morgan fingerprint density at radius 2 is 1.94 bits per heavy atom. The van der Waals surface area contributed by atoms with E-state index in [4.69, 9.17) is 5.73 Å². The number of rotatable bonds is 2. The quantitative estimate of drug-likeness (QED) is 0.834. The van der Waals surface area contributed by atoms with Gasteiger partial charge in [0.2, 0.25) is 0 Å². The third-order valence-corrected chi connectivity index (χ3v) is 3.11. The Balaban J connectivity index is 2.74. The van der Waals surface area contributed by atoms with Crippen LogP contribution < -0.4 is 5.73 Å². The number of aromatic nitrogens is 2. The molecule has 3 nitrogen and oxygen atoms in total. The first-order valence-electron chi connectivity index (χ1n) is 5.76. The Bertz CT molecular complexity index is 603. The first kappa shape index (κ1) is 12.5. The van der Waals surface area contributed by atoms with Gasteiger partial charge in [-0.1, -0.05) is 6.92 Å². The molecule has 0 spiro atoms. The molecule has 5 heteroatoms. The average molecular weight is 251 g/mol. The number of nitrogen functional groups attached to an aromatic ring is 1. The molecule has 1 heterocycles. The largest absolute Gasteiger partial charge is 0.397 e. The van der Waals surface area contributed by atoms with Crippen molar-refractivity contribution in [3.8, 4) is 5.69 Å². The molecule has 96 valence electrons. The van der Waals surface area contributed by atoms with Gasteiger partial charge in [-0.2, -0.15) is 5.10 Å². The number of benzene rings is 1. The maximum absolute atomic E-state index is 13.9. The normalized spacial score (nSPS) is 10.9. The minimum atomic E-state index is -0.969. The van der Waals surface area contributed by atoms with Gasteiger partial charge in [-0.3, -0.25) is 0 Å². The molecule has 0 saturated heterocycles. The molecule has 1 aromatic carbocycles. The van der Waals surface area contributed by atoms with E-state index in [9.17, 15) is 8.78 Å². The summed E-state index contributed by atoms with van der Waals surface area (Å²) in [5, 5.41) is 4.24. The molecule has 0 atom stereocenters. The second-order valence-corrected chi connectivity index (χ2v) is 4.21. The number of aryl methyl sites for hydroxylation is 1. The topological polar surface area (TPSA) is 43.8 Å². The minimum Gasteiger partial charge on any atom is -0.397 e. The Morgan fingerprint density at radius 3 is 2.50 bits per heavy atom. The first-order valence-corrected chi connectivity index (χ1v) is 5.76. The zero-order valence-corrected chi connectivity index (χ0v) is 10.6. The first-order chi connectivity index (χ1) is 8.47. The Morgan fingerprint density at radius 1 is 1.28 bits per heavy atom. The number of hydrogen-bond acceptors (Lipinski definition) is 2. The Labute approximate surface area is 104 Å². The second kappa shape index (κ2) is 4.40. The lowest BCUT2D eigenvalue weighted by molar-refractivity contribution is 0.501. The third-order valence-electron chi connectivity index (χ3n) is 3.11. The van der Waals surface area contributed by atoms with Gasteiger partial charge in [-0.05, 0) is 38.0 Å². The highest BCUT2D eigenvalue weighted by molar-refractivity contribution is 5.59. The summed E-state index contributed by atoms with van der Waals surface area (Å²) < 4.78 is 28.5. The molecule has 2 rings (SSSR count). The van der Waals surface area contributed by atoms with Gasteiger partial charge in [0.25, 0.3) is 0 Å². The van der Waals surface area contributed by atoms with Crippen molar-refractivity contribution in [3.05, 3.63) is 40.7 Å². The SMILES string of the molecule is CCc1c(C)nn(-c2c(N)ccc(F)c2F)c1C. The summed E-state index contributed by atoms with van der Waals surface area (Å²) in [6.45, 7) is 5.66. The van der Waals surface area contributed by atoms with E-state index in [2.05, 4.69) is 5.10 Å². The summed E-state index contributed by atoms with van der Waals surface area (Å²) in [5.74, 6) is -1.90. The van der Waals surface area contributed by atoms with Crippen LogP contribution in [0.3, 0.4) is 0 Å². The number of hydrogen-bond donors (Lipinski definition) is 1. The van der Waals surface area contributed by atoms with Gasteiger partial charge < -0.3 is 5.73 Å². The molecule has 1 aromatic heterocycles. The Hall–Kier alpha value is -1.91. The highest BCUT2D eigenvalue weighted by atomic mass is 19.2. The summed E-state index contributed by atoms with van der Waals surface area (Å²) >= 11 is 0. The molecule has 0 saturated carbocycles. The van der Waals surface area contributed by atoms with Crippen molar-refractivity contribution in [1.29, 1.82) is 0 Å². The summed E-state index contributed by atoms with van der Waals surface area (Å²) in [6.07, 6.45) is 0.786. The molecule has 2 aromatic rings. The summed E-state index contributed by atoms with van der Waals surface area (Å²) in [5.41, 5.74) is 8.49. The van der Waals surface area contributed by atoms with Crippen LogP contribution in [0.5, 0.6) is 0 Å². The van der Waals surface area contributed by atoms with E-state index in [0.29, 0.717) is 0 Å². The van der Waals surface area contributed by atoms with Crippen molar-refractivity contribution in [2.45, 2.75) is 27.2 Å². The van der Waals surface area contributed by atoms with E-state index in [1.165, 1.54) is 10.7 Å². The fraction of sp³-hybridized carbons (Fsp3) is 0.308.